The molecule has 5 nitrogen and oxygen atoms in total. The molecule has 2 aromatic heterocycles. The molecule has 0 saturated heterocycles. The average molecular weight is 353 g/mol. The van der Waals surface area contributed by atoms with Crippen LogP contribution in [0.3, 0.4) is 0 Å². The van der Waals surface area contributed by atoms with Crippen LogP contribution in [0.5, 0.6) is 0 Å². The summed E-state index contributed by atoms with van der Waals surface area (Å²) in [4.78, 5) is 12.3. The molecule has 0 radical (unpaired) electrons. The number of nitrogens with zero attached hydrogens (tertiary/aromatic N) is 3. The summed E-state index contributed by atoms with van der Waals surface area (Å²) in [6.07, 6.45) is 0. The van der Waals surface area contributed by atoms with Gasteiger partial charge in [-0.1, -0.05) is 24.3 Å². The third kappa shape index (κ3) is 4.28. The number of guanidine groups is 1. The number of aromatic nitrogens is 1. The largest absolute Gasteiger partial charge is 0.363 e. The van der Waals surface area contributed by atoms with Crippen molar-refractivity contribution in [2.75, 3.05) is 26.0 Å². The maximum atomic E-state index is 4.71. The van der Waals surface area contributed by atoms with E-state index >= 15 is 0 Å². The Morgan fingerprint density at radius 2 is 1.92 bits per heavy atom. The summed E-state index contributed by atoms with van der Waals surface area (Å²) in [6.45, 7) is 1.46. The molecular weight excluding hydrogens is 330 g/mol. The predicted octanol–water partition coefficient (Wildman–Crippen LogP) is 3.23. The van der Waals surface area contributed by atoms with Crippen LogP contribution in [0.25, 0.3) is 10.9 Å². The van der Waals surface area contributed by atoms with Crippen molar-refractivity contribution < 1.29 is 0 Å². The van der Waals surface area contributed by atoms with Crippen molar-refractivity contribution >= 4 is 34.0 Å². The van der Waals surface area contributed by atoms with Crippen molar-refractivity contribution in [3.05, 3.63) is 58.3 Å². The zero-order chi connectivity index (χ0) is 17.6. The number of rotatable bonds is 5. The molecule has 2 heterocycles. The molecule has 6 heteroatoms. The minimum absolute atomic E-state index is 0.688. The maximum absolute atomic E-state index is 4.71. The van der Waals surface area contributed by atoms with Crippen molar-refractivity contribution in [1.82, 2.24) is 15.6 Å². The lowest BCUT2D eigenvalue weighted by molar-refractivity contribution is 0.817. The summed E-state index contributed by atoms with van der Waals surface area (Å²) in [5, 5.41) is 10.00. The molecule has 0 unspecified atom stereocenters. The van der Waals surface area contributed by atoms with Gasteiger partial charge in [0, 0.05) is 38.0 Å². The van der Waals surface area contributed by atoms with E-state index in [1.54, 1.807) is 18.4 Å². The lowest BCUT2D eigenvalue weighted by atomic mass is 10.1. The highest BCUT2D eigenvalue weighted by atomic mass is 32.1. The highest BCUT2D eigenvalue weighted by Crippen LogP contribution is 2.22. The summed E-state index contributed by atoms with van der Waals surface area (Å²) in [6, 6.07) is 14.5. The van der Waals surface area contributed by atoms with Gasteiger partial charge in [0.05, 0.1) is 12.1 Å². The van der Waals surface area contributed by atoms with Crippen molar-refractivity contribution in [1.29, 1.82) is 0 Å². The van der Waals surface area contributed by atoms with Crippen LogP contribution in [0, 0.1) is 0 Å². The first-order chi connectivity index (χ1) is 12.2. The van der Waals surface area contributed by atoms with Gasteiger partial charge in [-0.15, -0.1) is 11.3 Å². The zero-order valence-electron chi connectivity index (χ0n) is 14.8. The fourth-order valence-corrected chi connectivity index (χ4v) is 3.24. The smallest absolute Gasteiger partial charge is 0.191 e. The van der Waals surface area contributed by atoms with Crippen LogP contribution in [-0.2, 0) is 13.1 Å². The van der Waals surface area contributed by atoms with Crippen LogP contribution in [0.1, 0.15) is 10.4 Å². The van der Waals surface area contributed by atoms with Gasteiger partial charge < -0.3 is 15.5 Å². The van der Waals surface area contributed by atoms with E-state index in [2.05, 4.69) is 51.3 Å². The standard InChI is InChI=1S/C19H23N5S/c1-20-19(22-13-15-7-6-10-25-15)21-12-14-11-18(24(2)3)23-17-9-5-4-8-16(14)17/h4-11H,12-13H2,1-3H3,(H2,20,21,22). The van der Waals surface area contributed by atoms with Gasteiger partial charge >= 0.3 is 0 Å². The maximum Gasteiger partial charge on any atom is 0.191 e. The summed E-state index contributed by atoms with van der Waals surface area (Å²) in [7, 11) is 5.81. The molecule has 25 heavy (non-hydrogen) atoms. The minimum Gasteiger partial charge on any atom is -0.363 e. The first-order valence-corrected chi connectivity index (χ1v) is 9.08. The molecule has 0 saturated carbocycles. The van der Waals surface area contributed by atoms with Crippen LogP contribution in [0.2, 0.25) is 0 Å². The van der Waals surface area contributed by atoms with E-state index in [-0.39, 0.29) is 0 Å². The van der Waals surface area contributed by atoms with E-state index in [4.69, 9.17) is 4.98 Å². The Balaban J connectivity index is 1.75. The molecule has 0 aliphatic carbocycles. The number of anilines is 1. The second-order valence-electron chi connectivity index (χ2n) is 5.91. The molecule has 3 aromatic rings. The molecular formula is C19H23N5S. The second-order valence-corrected chi connectivity index (χ2v) is 6.94. The van der Waals surface area contributed by atoms with Gasteiger partial charge in [-0.25, -0.2) is 4.98 Å². The van der Waals surface area contributed by atoms with Gasteiger partial charge in [0.15, 0.2) is 5.96 Å². The number of thiophene rings is 1. The Hall–Kier alpha value is -2.60. The molecule has 0 spiro atoms. The number of pyridine rings is 1. The molecule has 0 atom stereocenters. The quantitative estimate of drug-likeness (QED) is 0.546. The Labute approximate surface area is 152 Å². The lowest BCUT2D eigenvalue weighted by Gasteiger charge is -2.16. The number of nitrogens with one attached hydrogen (secondary N) is 2. The number of benzene rings is 1. The normalized spacial score (nSPS) is 11.6. The lowest BCUT2D eigenvalue weighted by Crippen LogP contribution is -2.36. The van der Waals surface area contributed by atoms with Crippen LogP contribution >= 0.6 is 11.3 Å². The zero-order valence-corrected chi connectivity index (χ0v) is 15.6. The fraction of sp³-hybridized carbons (Fsp3) is 0.263. The molecule has 130 valence electrons. The Morgan fingerprint density at radius 1 is 1.12 bits per heavy atom. The van der Waals surface area contributed by atoms with Crippen molar-refractivity contribution in [3.8, 4) is 0 Å². The molecule has 0 aliphatic heterocycles. The highest BCUT2D eigenvalue weighted by molar-refractivity contribution is 7.09. The summed E-state index contributed by atoms with van der Waals surface area (Å²) in [5.41, 5.74) is 2.21. The molecule has 2 N–H and O–H groups in total. The highest BCUT2D eigenvalue weighted by Gasteiger charge is 2.08. The average Bonchev–Trinajstić information content (AvgIpc) is 3.15. The van der Waals surface area contributed by atoms with Crippen molar-refractivity contribution in [3.63, 3.8) is 0 Å². The van der Waals surface area contributed by atoms with Crippen LogP contribution in [0.15, 0.2) is 52.8 Å². The predicted molar refractivity (Wildman–Crippen MR) is 107 cm³/mol. The van der Waals surface area contributed by atoms with E-state index in [0.29, 0.717) is 6.54 Å². The first-order valence-electron chi connectivity index (χ1n) is 8.20. The van der Waals surface area contributed by atoms with E-state index in [1.807, 2.05) is 31.1 Å². The number of aliphatic imine (C=N–C) groups is 1. The van der Waals surface area contributed by atoms with Crippen LogP contribution in [0.4, 0.5) is 5.82 Å². The third-order valence-corrected chi connectivity index (χ3v) is 4.80. The third-order valence-electron chi connectivity index (χ3n) is 3.93. The van der Waals surface area contributed by atoms with Crippen LogP contribution < -0.4 is 15.5 Å². The van der Waals surface area contributed by atoms with Gasteiger partial charge in [-0.3, -0.25) is 4.99 Å². The van der Waals surface area contributed by atoms with Crippen LogP contribution in [-0.4, -0.2) is 32.1 Å². The Morgan fingerprint density at radius 3 is 2.64 bits per heavy atom. The van der Waals surface area contributed by atoms with Gasteiger partial charge in [-0.2, -0.15) is 0 Å². The van der Waals surface area contributed by atoms with Gasteiger partial charge in [0.2, 0.25) is 0 Å². The molecule has 0 aliphatic rings. The van der Waals surface area contributed by atoms with E-state index in [9.17, 15) is 0 Å². The Kier molecular flexibility index (Phi) is 5.50. The molecule has 0 fully saturated rings. The number of para-hydroxylation sites is 1. The summed E-state index contributed by atoms with van der Waals surface area (Å²) < 4.78 is 0. The Bertz CT molecular complexity index is 855. The topological polar surface area (TPSA) is 52.6 Å². The van der Waals surface area contributed by atoms with Gasteiger partial charge in [0.1, 0.15) is 5.82 Å². The SMILES string of the molecule is CN=C(NCc1cccs1)NCc1cc(N(C)C)nc2ccccc12. The van der Waals surface area contributed by atoms with E-state index in [0.717, 1.165) is 29.2 Å². The molecule has 3 rings (SSSR count). The van der Waals surface area contributed by atoms with Gasteiger partial charge in [-0.05, 0) is 29.1 Å². The first kappa shape index (κ1) is 17.2. The number of hydrogen-bond donors (Lipinski definition) is 2. The minimum atomic E-state index is 0.688. The molecule has 1 aromatic carbocycles. The van der Waals surface area contributed by atoms with Crippen molar-refractivity contribution in [2.24, 2.45) is 4.99 Å². The monoisotopic (exact) mass is 353 g/mol. The van der Waals surface area contributed by atoms with E-state index in [1.165, 1.54) is 10.4 Å². The molecule has 0 bridgehead atoms. The molecule has 0 amide bonds. The van der Waals surface area contributed by atoms with Crippen molar-refractivity contribution in [2.45, 2.75) is 13.1 Å². The second kappa shape index (κ2) is 7.98. The summed E-state index contributed by atoms with van der Waals surface area (Å²) in [5.74, 6) is 1.75. The fourth-order valence-electron chi connectivity index (χ4n) is 2.59. The summed E-state index contributed by atoms with van der Waals surface area (Å²) >= 11 is 1.74. The number of hydrogen-bond acceptors (Lipinski definition) is 4. The van der Waals surface area contributed by atoms with E-state index < -0.39 is 0 Å². The number of fused-ring (bicyclic) bond motifs is 1. The van der Waals surface area contributed by atoms with Gasteiger partial charge in [0.25, 0.3) is 0 Å².